The van der Waals surface area contributed by atoms with E-state index in [-0.39, 0.29) is 0 Å². The summed E-state index contributed by atoms with van der Waals surface area (Å²) in [5.41, 5.74) is 5.36. The molecule has 30 heavy (non-hydrogen) atoms. The fraction of sp³-hybridized carbons (Fsp3) is 0.0833. The van der Waals surface area contributed by atoms with Gasteiger partial charge in [-0.15, -0.1) is 0 Å². The highest BCUT2D eigenvalue weighted by atomic mass is 79.9. The second-order valence-electron chi connectivity index (χ2n) is 6.86. The largest absolute Gasteiger partial charge is 0.487 e. The topological polar surface area (TPSA) is 61.7 Å². The van der Waals surface area contributed by atoms with E-state index in [4.69, 9.17) is 4.74 Å². The van der Waals surface area contributed by atoms with Crippen LogP contribution in [0.4, 0.5) is 0 Å². The van der Waals surface area contributed by atoms with E-state index in [1.165, 1.54) is 5.56 Å². The zero-order chi connectivity index (χ0) is 21.1. The number of fused-ring (bicyclic) bond motifs is 1. The van der Waals surface area contributed by atoms with E-state index in [0.29, 0.717) is 18.0 Å². The van der Waals surface area contributed by atoms with E-state index in [0.717, 1.165) is 36.9 Å². The third kappa shape index (κ3) is 4.48. The molecule has 0 aliphatic rings. The zero-order valence-corrected chi connectivity index (χ0v) is 19.3. The number of H-pyrrole nitrogens is 1. The van der Waals surface area contributed by atoms with Gasteiger partial charge in [0.15, 0.2) is 0 Å². The fourth-order valence-electron chi connectivity index (χ4n) is 3.04. The van der Waals surface area contributed by atoms with Crippen molar-refractivity contribution in [2.75, 3.05) is 0 Å². The van der Waals surface area contributed by atoms with Crippen LogP contribution >= 0.6 is 31.9 Å². The van der Waals surface area contributed by atoms with Crippen LogP contribution in [0.1, 0.15) is 22.5 Å². The van der Waals surface area contributed by atoms with E-state index in [1.54, 1.807) is 6.08 Å². The number of nitrogens with one attached hydrogen (secondary N) is 1. The number of benzene rings is 3. The molecule has 6 heteroatoms. The van der Waals surface area contributed by atoms with Gasteiger partial charge < -0.3 is 9.72 Å². The number of imidazole rings is 1. The Hall–Kier alpha value is -2.88. The zero-order valence-electron chi connectivity index (χ0n) is 16.1. The Labute approximate surface area is 191 Å². The number of aryl methyl sites for hydroxylation is 1. The lowest BCUT2D eigenvalue weighted by Gasteiger charge is -2.12. The molecule has 148 valence electrons. The first kappa shape index (κ1) is 20.4. The Morgan fingerprint density at radius 1 is 1.10 bits per heavy atom. The molecule has 0 amide bonds. The number of nitriles is 1. The summed E-state index contributed by atoms with van der Waals surface area (Å²) in [6, 6.07) is 22.0. The van der Waals surface area contributed by atoms with Gasteiger partial charge in [0, 0.05) is 0 Å². The summed E-state index contributed by atoms with van der Waals surface area (Å²) in [6.07, 6.45) is 1.80. The molecule has 0 spiro atoms. The minimum absolute atomic E-state index is 0.457. The number of halogens is 2. The van der Waals surface area contributed by atoms with Crippen LogP contribution in [0.5, 0.6) is 5.75 Å². The average Bonchev–Trinajstić information content (AvgIpc) is 3.16. The molecule has 0 saturated heterocycles. The van der Waals surface area contributed by atoms with Crippen LogP contribution in [-0.4, -0.2) is 9.97 Å². The van der Waals surface area contributed by atoms with Gasteiger partial charge in [0.25, 0.3) is 0 Å². The first-order valence-corrected chi connectivity index (χ1v) is 10.9. The Kier molecular flexibility index (Phi) is 6.03. The molecule has 0 aliphatic heterocycles. The summed E-state index contributed by atoms with van der Waals surface area (Å²) in [5, 5.41) is 9.66. The third-order valence-electron chi connectivity index (χ3n) is 4.60. The van der Waals surface area contributed by atoms with Gasteiger partial charge in [0.2, 0.25) is 0 Å². The lowest BCUT2D eigenvalue weighted by atomic mass is 10.1. The lowest BCUT2D eigenvalue weighted by molar-refractivity contribution is 0.302. The van der Waals surface area contributed by atoms with Crippen LogP contribution in [-0.2, 0) is 6.61 Å². The number of allylic oxidation sites excluding steroid dienone is 1. The molecule has 1 aromatic heterocycles. The molecule has 0 bridgehead atoms. The lowest BCUT2D eigenvalue weighted by Crippen LogP contribution is -1.97. The number of aromatic nitrogens is 2. The Bertz CT molecular complexity index is 1230. The normalized spacial score (nSPS) is 11.5. The van der Waals surface area contributed by atoms with E-state index in [9.17, 15) is 5.26 Å². The minimum Gasteiger partial charge on any atom is -0.487 e. The summed E-state index contributed by atoms with van der Waals surface area (Å²) in [4.78, 5) is 7.72. The Morgan fingerprint density at radius 3 is 2.47 bits per heavy atom. The predicted octanol–water partition coefficient (Wildman–Crippen LogP) is 7.04. The number of nitrogens with zero attached hydrogens (tertiary/aromatic N) is 2. The van der Waals surface area contributed by atoms with Crippen molar-refractivity contribution in [3.8, 4) is 11.8 Å². The van der Waals surface area contributed by atoms with Gasteiger partial charge in [-0.3, -0.25) is 0 Å². The molecule has 1 heterocycles. The second kappa shape index (κ2) is 8.86. The first-order chi connectivity index (χ1) is 14.5. The van der Waals surface area contributed by atoms with Crippen LogP contribution in [0.3, 0.4) is 0 Å². The van der Waals surface area contributed by atoms with Crippen LogP contribution in [0.15, 0.2) is 69.6 Å². The number of hydrogen-bond donors (Lipinski definition) is 1. The van der Waals surface area contributed by atoms with Crippen LogP contribution < -0.4 is 4.74 Å². The van der Waals surface area contributed by atoms with Crippen molar-refractivity contribution in [1.29, 1.82) is 5.26 Å². The minimum atomic E-state index is 0.457. The molecule has 0 fully saturated rings. The monoisotopic (exact) mass is 521 g/mol. The van der Waals surface area contributed by atoms with E-state index >= 15 is 0 Å². The molecule has 0 radical (unpaired) electrons. The van der Waals surface area contributed by atoms with Gasteiger partial charge in [-0.05, 0) is 80.3 Å². The highest BCUT2D eigenvalue weighted by Gasteiger charge is 2.12. The summed E-state index contributed by atoms with van der Waals surface area (Å²) in [7, 11) is 0. The van der Waals surface area contributed by atoms with Crippen molar-refractivity contribution < 1.29 is 4.74 Å². The SMILES string of the molecule is Cc1ccc(COc2c(Br)cc(C=C(C#N)c3nc4ccccc4[nH]3)cc2Br)cc1. The number of aromatic amines is 1. The smallest absolute Gasteiger partial charge is 0.149 e. The molecule has 1 N–H and O–H groups in total. The number of para-hydroxylation sites is 2. The standard InChI is InChI=1S/C24H17Br2N3O/c1-15-6-8-16(9-7-15)14-30-23-19(25)11-17(12-20(23)26)10-18(13-27)24-28-21-4-2-3-5-22(21)29-24/h2-12H,14H2,1H3,(H,28,29). The number of hydrogen-bond acceptors (Lipinski definition) is 3. The predicted molar refractivity (Wildman–Crippen MR) is 127 cm³/mol. The number of ether oxygens (including phenoxy) is 1. The maximum Gasteiger partial charge on any atom is 0.149 e. The van der Waals surface area contributed by atoms with Gasteiger partial charge in [0.1, 0.15) is 24.3 Å². The molecular formula is C24H17Br2N3O. The van der Waals surface area contributed by atoms with Crippen LogP contribution in [0.25, 0.3) is 22.7 Å². The Balaban J connectivity index is 1.59. The van der Waals surface area contributed by atoms with Crippen molar-refractivity contribution in [3.05, 3.63) is 92.1 Å². The molecule has 0 unspecified atom stereocenters. The quantitative estimate of drug-likeness (QED) is 0.286. The van der Waals surface area contributed by atoms with E-state index in [2.05, 4.69) is 79.1 Å². The van der Waals surface area contributed by atoms with E-state index < -0.39 is 0 Å². The fourth-order valence-corrected chi connectivity index (χ4v) is 4.49. The number of rotatable bonds is 5. The summed E-state index contributed by atoms with van der Waals surface area (Å²) in [6.45, 7) is 2.53. The van der Waals surface area contributed by atoms with Gasteiger partial charge in [-0.25, -0.2) is 4.98 Å². The molecule has 4 rings (SSSR count). The highest BCUT2D eigenvalue weighted by molar-refractivity contribution is 9.11. The molecular weight excluding hydrogens is 506 g/mol. The molecule has 0 saturated carbocycles. The summed E-state index contributed by atoms with van der Waals surface area (Å²) in [5.74, 6) is 1.26. The Morgan fingerprint density at radius 2 is 1.80 bits per heavy atom. The average molecular weight is 523 g/mol. The van der Waals surface area contributed by atoms with E-state index in [1.807, 2.05) is 36.4 Å². The molecule has 4 nitrogen and oxygen atoms in total. The summed E-state index contributed by atoms with van der Waals surface area (Å²) >= 11 is 7.18. The van der Waals surface area contributed by atoms with Crippen molar-refractivity contribution in [3.63, 3.8) is 0 Å². The molecule has 0 atom stereocenters. The second-order valence-corrected chi connectivity index (χ2v) is 8.57. The van der Waals surface area contributed by atoms with Crippen molar-refractivity contribution in [1.82, 2.24) is 9.97 Å². The van der Waals surface area contributed by atoms with Crippen LogP contribution in [0.2, 0.25) is 0 Å². The third-order valence-corrected chi connectivity index (χ3v) is 5.78. The van der Waals surface area contributed by atoms with Gasteiger partial charge in [0.05, 0.1) is 25.6 Å². The molecule has 0 aliphatic carbocycles. The van der Waals surface area contributed by atoms with Gasteiger partial charge in [-0.2, -0.15) is 5.26 Å². The van der Waals surface area contributed by atoms with Crippen molar-refractivity contribution >= 4 is 54.5 Å². The van der Waals surface area contributed by atoms with Gasteiger partial charge >= 0.3 is 0 Å². The molecule has 3 aromatic carbocycles. The van der Waals surface area contributed by atoms with Crippen molar-refractivity contribution in [2.24, 2.45) is 0 Å². The maximum absolute atomic E-state index is 9.66. The highest BCUT2D eigenvalue weighted by Crippen LogP contribution is 2.36. The summed E-state index contributed by atoms with van der Waals surface area (Å²) < 4.78 is 7.61. The van der Waals surface area contributed by atoms with Crippen molar-refractivity contribution in [2.45, 2.75) is 13.5 Å². The van der Waals surface area contributed by atoms with Gasteiger partial charge in [-0.1, -0.05) is 42.0 Å². The molecule has 4 aromatic rings. The first-order valence-electron chi connectivity index (χ1n) is 9.28. The van der Waals surface area contributed by atoms with Crippen LogP contribution in [0, 0.1) is 18.3 Å². The maximum atomic E-state index is 9.66.